The second-order valence-corrected chi connectivity index (χ2v) is 37.5. The largest absolute Gasteiger partial charge is 0.102 e. The van der Waals surface area contributed by atoms with Gasteiger partial charge >= 0.3 is 120 Å². The Kier molecular flexibility index (Phi) is 33.4. The number of hydrogen-bond acceptors (Lipinski definition) is 3. The zero-order chi connectivity index (χ0) is 71.5. The summed E-state index contributed by atoms with van der Waals surface area (Å²) in [6, 6.07) is 135. The molecule has 0 saturated carbocycles. The van der Waals surface area contributed by atoms with E-state index in [0.29, 0.717) is 23.3 Å². The molecule has 0 aromatic heterocycles. The van der Waals surface area contributed by atoms with E-state index >= 15 is 0 Å². The third kappa shape index (κ3) is 23.7. The Morgan fingerprint density at radius 1 is 0.375 bits per heavy atom. The van der Waals surface area contributed by atoms with E-state index in [1.165, 1.54) is 95.7 Å². The fourth-order valence-corrected chi connectivity index (χ4v) is 22.1. The van der Waals surface area contributed by atoms with Gasteiger partial charge in [0.05, 0.1) is 28.1 Å². The summed E-state index contributed by atoms with van der Waals surface area (Å²) in [6.07, 6.45) is 13.8. The molecule has 9 heteroatoms. The van der Waals surface area contributed by atoms with Crippen molar-refractivity contribution in [3.05, 3.63) is 422 Å². The van der Waals surface area contributed by atoms with Gasteiger partial charge in [0, 0.05) is 24.3 Å². The molecule has 2 aliphatic heterocycles. The van der Waals surface area contributed by atoms with E-state index in [4.69, 9.17) is 35.3 Å². The summed E-state index contributed by atoms with van der Waals surface area (Å²) in [5.74, 6) is 2.47. The van der Waals surface area contributed by atoms with E-state index in [2.05, 4.69) is 329 Å². The van der Waals surface area contributed by atoms with E-state index in [0.717, 1.165) is 17.3 Å². The Morgan fingerprint density at radius 2 is 0.625 bits per heavy atom. The zero-order valence-electron chi connectivity index (χ0n) is 58.3. The van der Waals surface area contributed by atoms with Crippen LogP contribution < -0.4 is 47.7 Å². The minimum Gasteiger partial charge on any atom is -0.0622 e. The number of halogens is 2. The summed E-state index contributed by atoms with van der Waals surface area (Å²) in [5, 5.41) is 23.3. The van der Waals surface area contributed by atoms with Crippen molar-refractivity contribution < 1.29 is 28.1 Å². The molecule has 3 aliphatic rings. The van der Waals surface area contributed by atoms with Gasteiger partial charge in [0.1, 0.15) is 31.8 Å². The van der Waals surface area contributed by atoms with Gasteiger partial charge in [0.2, 0.25) is 0 Å². The van der Waals surface area contributed by atoms with Crippen molar-refractivity contribution in [1.29, 1.82) is 0 Å². The summed E-state index contributed by atoms with van der Waals surface area (Å²) in [7, 11) is 10.2. The number of benzene rings is 13. The second-order valence-electron chi connectivity index (χ2n) is 24.5. The SMILES string of the molecule is C.C#CC(O)(c1ccccc1)c1ccccc1.CC1CCCO1.CC1CCCO1.[Cl][Ru]([Cl])=[C]1C=C(c2ccccc2)c2ccccc21.c1ccc(P(c2ccccc2)c2ccccc2)cc1.c1ccc([PH+](c2ccccc2)c2ccccc2)cc1.c1ccc([PH+](c2ccccc2)c2ccccc2)cc1. The summed E-state index contributed by atoms with van der Waals surface area (Å²) in [5.41, 5.74) is 4.94. The van der Waals surface area contributed by atoms with E-state index in [1.807, 2.05) is 84.9 Å². The molecule has 2 unspecified atom stereocenters. The number of hydrogen-bond donors (Lipinski definition) is 1. The molecule has 2 saturated heterocycles. The van der Waals surface area contributed by atoms with Crippen LogP contribution in [0.1, 0.15) is 74.8 Å². The van der Waals surface area contributed by atoms with Crippen molar-refractivity contribution in [2.45, 2.75) is 64.8 Å². The van der Waals surface area contributed by atoms with Crippen LogP contribution in [0.4, 0.5) is 0 Å². The monoisotopic (exact) mass is 1550 g/mol. The average Bonchev–Trinajstić information content (AvgIpc) is 1.56. The molecule has 0 bridgehead atoms. The predicted octanol–water partition coefficient (Wildman–Crippen LogP) is 19.9. The van der Waals surface area contributed by atoms with Crippen molar-refractivity contribution in [3.63, 3.8) is 0 Å². The number of terminal acetylenes is 1. The molecule has 2 atom stereocenters. The van der Waals surface area contributed by atoms with Gasteiger partial charge in [-0.2, -0.15) is 0 Å². The second kappa shape index (κ2) is 43.6. The molecule has 1 aliphatic carbocycles. The number of rotatable bonds is 12. The van der Waals surface area contributed by atoms with Gasteiger partial charge < -0.3 is 14.6 Å². The fourth-order valence-electron chi connectivity index (χ4n) is 12.1. The van der Waals surface area contributed by atoms with E-state index in [1.54, 1.807) is 0 Å². The normalized spacial score (nSPS) is 13.9. The van der Waals surface area contributed by atoms with E-state index < -0.39 is 42.9 Å². The standard InChI is InChI=1S/3C18H15P.C15H12O.C15H10.2C5H10O.CH4.2ClH.Ru/c3*1-4-10-16(11-5-1)19(17-12-6-2-7-13-17)18-14-8-3-9-15-18;1-2-15(16,13-9-5-3-6-10-13)14-11-7-4-8-12-14;1-2-6-12(7-3-1)15-11-10-13-8-4-5-9-14(13)15;2*1-5-3-2-4-6-5;;;;/h3*1-15H;1,3-12,16H;1-9,11H;2*5H,2-4H2,1H3;1H4;2*1H;/q;;;;;;;;;;+2. The number of aliphatic hydroxyl groups is 1. The minimum atomic E-state index is -1.88. The molecule has 2 heterocycles. The van der Waals surface area contributed by atoms with Crippen LogP contribution in [-0.4, -0.2) is 34.6 Å². The maximum atomic E-state index is 10.5. The van der Waals surface area contributed by atoms with Gasteiger partial charge in [-0.15, -0.1) is 6.42 Å². The maximum absolute atomic E-state index is 10.5. The number of ether oxygens (including phenoxy) is 2. The first-order chi connectivity index (χ1) is 50.7. The van der Waals surface area contributed by atoms with Crippen LogP contribution in [0, 0.1) is 12.3 Å². The summed E-state index contributed by atoms with van der Waals surface area (Å²) in [4.78, 5) is 0. The number of fused-ring (bicyclic) bond motifs is 1. The van der Waals surface area contributed by atoms with Gasteiger partial charge in [-0.25, -0.2) is 0 Å². The molecule has 0 amide bonds. The zero-order valence-corrected chi connectivity index (χ0v) is 64.5. The third-order valence-electron chi connectivity index (χ3n) is 17.3. The van der Waals surface area contributed by atoms with Crippen LogP contribution >= 0.6 is 43.1 Å². The molecule has 16 rings (SSSR count). The van der Waals surface area contributed by atoms with Crippen LogP contribution in [-0.2, 0) is 28.6 Å². The Bertz CT molecular complexity index is 4000. The molecule has 2 fully saturated rings. The van der Waals surface area contributed by atoms with Crippen molar-refractivity contribution >= 4 is 101 Å². The Balaban J connectivity index is 0.000000144. The van der Waals surface area contributed by atoms with Crippen molar-refractivity contribution in [1.82, 2.24) is 0 Å². The average molecular weight is 1550 g/mol. The Labute approximate surface area is 636 Å². The molecule has 3 nitrogen and oxygen atoms in total. The van der Waals surface area contributed by atoms with Gasteiger partial charge in [0.25, 0.3) is 0 Å². The molecular weight excluding hydrogens is 1450 g/mol. The van der Waals surface area contributed by atoms with Crippen LogP contribution in [0.3, 0.4) is 0 Å². The first kappa shape index (κ1) is 79.5. The molecule has 13 aromatic carbocycles. The van der Waals surface area contributed by atoms with E-state index in [-0.39, 0.29) is 7.43 Å². The maximum Gasteiger partial charge on any atom is 0.102 e. The topological polar surface area (TPSA) is 38.7 Å². The van der Waals surface area contributed by atoms with Gasteiger partial charge in [-0.3, -0.25) is 0 Å². The smallest absolute Gasteiger partial charge is 0.0622 e. The van der Waals surface area contributed by atoms with Crippen molar-refractivity contribution in [3.8, 4) is 12.3 Å². The van der Waals surface area contributed by atoms with Crippen LogP contribution in [0.25, 0.3) is 5.57 Å². The van der Waals surface area contributed by atoms with Gasteiger partial charge in [-0.1, -0.05) is 274 Å². The molecule has 0 spiro atoms. The minimum absolute atomic E-state index is 0. The molecular formula is C95H93Cl2O3P3Ru+2. The molecule has 104 heavy (non-hydrogen) atoms. The first-order valence-corrected chi connectivity index (χ1v) is 44.7. The third-order valence-corrected chi connectivity index (χ3v) is 28.3. The summed E-state index contributed by atoms with van der Waals surface area (Å²) < 4.78 is 11.4. The quantitative estimate of drug-likeness (QED) is 0.0753. The Morgan fingerprint density at radius 3 is 0.865 bits per heavy atom. The van der Waals surface area contributed by atoms with Crippen LogP contribution in [0.2, 0.25) is 0 Å². The van der Waals surface area contributed by atoms with E-state index in [9.17, 15) is 5.11 Å². The summed E-state index contributed by atoms with van der Waals surface area (Å²) >= 11 is -1.88. The van der Waals surface area contributed by atoms with Gasteiger partial charge in [-0.05, 0) is 136 Å². The van der Waals surface area contributed by atoms with Gasteiger partial charge in [0.15, 0.2) is 5.60 Å². The van der Waals surface area contributed by atoms with Crippen molar-refractivity contribution in [2.75, 3.05) is 13.2 Å². The predicted molar refractivity (Wildman–Crippen MR) is 455 cm³/mol. The Hall–Kier alpha value is -8.60. The van der Waals surface area contributed by atoms with Crippen LogP contribution in [0.5, 0.6) is 0 Å². The first-order valence-electron chi connectivity index (χ1n) is 35.0. The fraction of sp³-hybridized carbons (Fsp3) is 0.126. The van der Waals surface area contributed by atoms with Crippen molar-refractivity contribution in [2.24, 2.45) is 0 Å². The molecule has 1 N–H and O–H groups in total. The van der Waals surface area contributed by atoms with Crippen LogP contribution in [0.15, 0.2) is 394 Å². The summed E-state index contributed by atoms with van der Waals surface area (Å²) in [6.45, 7) is 6.21. The molecule has 526 valence electrons. The molecule has 13 aromatic rings. The number of allylic oxidation sites excluding steroid dienone is 1. The molecule has 0 radical (unpaired) electrons.